The molecule has 0 saturated heterocycles. The van der Waals surface area contributed by atoms with E-state index >= 15 is 0 Å². The standard InChI is InChI=1S/C26H34ClN3O2/c1-5-21-10-12-24(13-11-21)32-15-14-23(31)17-29(4)18-25-19(2)28-30(20(25)3)16-22-8-6-7-9-26(22)27/h6-13,23,31H,5,14-18H2,1-4H3. The van der Waals surface area contributed by atoms with Crippen LogP contribution in [0.1, 0.15) is 41.4 Å². The molecule has 2 aromatic carbocycles. The average Bonchev–Trinajstić information content (AvgIpc) is 3.03. The second-order valence-corrected chi connectivity index (χ2v) is 8.79. The lowest BCUT2D eigenvalue weighted by atomic mass is 10.1. The predicted octanol–water partition coefficient (Wildman–Crippen LogP) is 5.03. The van der Waals surface area contributed by atoms with E-state index < -0.39 is 6.10 Å². The molecule has 0 amide bonds. The van der Waals surface area contributed by atoms with Crippen molar-refractivity contribution in [2.75, 3.05) is 20.2 Å². The number of aromatic nitrogens is 2. The van der Waals surface area contributed by atoms with E-state index in [9.17, 15) is 5.11 Å². The minimum Gasteiger partial charge on any atom is -0.493 e. The van der Waals surface area contributed by atoms with Gasteiger partial charge in [0.1, 0.15) is 5.75 Å². The van der Waals surface area contributed by atoms with Crippen LogP contribution >= 0.6 is 11.6 Å². The van der Waals surface area contributed by atoms with E-state index in [1.54, 1.807) is 0 Å². The smallest absolute Gasteiger partial charge is 0.119 e. The van der Waals surface area contributed by atoms with E-state index in [-0.39, 0.29) is 0 Å². The van der Waals surface area contributed by atoms with Gasteiger partial charge in [-0.05, 0) is 56.6 Å². The van der Waals surface area contributed by atoms with Crippen LogP contribution in [0.3, 0.4) is 0 Å². The van der Waals surface area contributed by atoms with E-state index in [2.05, 4.69) is 30.9 Å². The van der Waals surface area contributed by atoms with Crippen LogP contribution in [0.2, 0.25) is 5.02 Å². The van der Waals surface area contributed by atoms with E-state index in [0.29, 0.717) is 26.1 Å². The van der Waals surface area contributed by atoms with E-state index in [4.69, 9.17) is 21.4 Å². The van der Waals surface area contributed by atoms with Gasteiger partial charge in [0, 0.05) is 35.8 Å². The number of ether oxygens (including phenoxy) is 1. The quantitative estimate of drug-likeness (QED) is 0.440. The van der Waals surface area contributed by atoms with Gasteiger partial charge in [0.2, 0.25) is 0 Å². The normalized spacial score (nSPS) is 12.3. The minimum atomic E-state index is -0.450. The van der Waals surface area contributed by atoms with Crippen LogP contribution in [0.15, 0.2) is 48.5 Å². The minimum absolute atomic E-state index is 0.450. The summed E-state index contributed by atoms with van der Waals surface area (Å²) in [4.78, 5) is 2.14. The Labute approximate surface area is 196 Å². The number of hydrogen-bond donors (Lipinski definition) is 1. The molecule has 0 aliphatic rings. The lowest BCUT2D eigenvalue weighted by Gasteiger charge is -2.21. The van der Waals surface area contributed by atoms with Gasteiger partial charge >= 0.3 is 0 Å². The molecule has 0 saturated carbocycles. The maximum absolute atomic E-state index is 10.5. The lowest BCUT2D eigenvalue weighted by molar-refractivity contribution is 0.0989. The first-order valence-corrected chi connectivity index (χ1v) is 11.6. The first-order chi connectivity index (χ1) is 15.4. The number of aliphatic hydroxyl groups excluding tert-OH is 1. The fraction of sp³-hybridized carbons (Fsp3) is 0.423. The number of aliphatic hydroxyl groups is 1. The van der Waals surface area contributed by atoms with Crippen molar-refractivity contribution in [3.05, 3.63) is 81.6 Å². The number of benzene rings is 2. The summed E-state index contributed by atoms with van der Waals surface area (Å²) >= 11 is 6.32. The molecule has 0 fully saturated rings. The molecular weight excluding hydrogens is 422 g/mol. The second kappa shape index (κ2) is 11.5. The van der Waals surface area contributed by atoms with Crippen LogP contribution in [0, 0.1) is 13.8 Å². The number of aryl methyl sites for hydroxylation is 2. The van der Waals surface area contributed by atoms with Gasteiger partial charge in [-0.1, -0.05) is 48.9 Å². The highest BCUT2D eigenvalue weighted by Crippen LogP contribution is 2.20. The number of nitrogens with zero attached hydrogens (tertiary/aromatic N) is 3. The highest BCUT2D eigenvalue weighted by atomic mass is 35.5. The number of hydrogen-bond acceptors (Lipinski definition) is 4. The van der Waals surface area contributed by atoms with Gasteiger partial charge in [0.25, 0.3) is 0 Å². The summed E-state index contributed by atoms with van der Waals surface area (Å²) in [7, 11) is 2.03. The maximum atomic E-state index is 10.5. The fourth-order valence-corrected chi connectivity index (χ4v) is 4.02. The SMILES string of the molecule is CCc1ccc(OCCC(O)CN(C)Cc2c(C)nn(Cc3ccccc3Cl)c2C)cc1. The number of halogens is 1. The molecule has 1 aromatic heterocycles. The number of rotatable bonds is 11. The van der Waals surface area contributed by atoms with Gasteiger partial charge in [0.05, 0.1) is 24.9 Å². The molecule has 5 nitrogen and oxygen atoms in total. The second-order valence-electron chi connectivity index (χ2n) is 8.38. The Morgan fingerprint density at radius 1 is 1.12 bits per heavy atom. The van der Waals surface area contributed by atoms with Gasteiger partial charge in [-0.15, -0.1) is 0 Å². The molecule has 3 aromatic rings. The van der Waals surface area contributed by atoms with Gasteiger partial charge in [-0.2, -0.15) is 5.10 Å². The summed E-state index contributed by atoms with van der Waals surface area (Å²) in [5.74, 6) is 0.847. The zero-order valence-electron chi connectivity index (χ0n) is 19.5. The van der Waals surface area contributed by atoms with Crippen LogP contribution < -0.4 is 4.74 Å². The predicted molar refractivity (Wildman–Crippen MR) is 131 cm³/mol. The highest BCUT2D eigenvalue weighted by Gasteiger charge is 2.16. The summed E-state index contributed by atoms with van der Waals surface area (Å²) in [5.41, 5.74) is 5.68. The summed E-state index contributed by atoms with van der Waals surface area (Å²) in [6, 6.07) is 16.0. The maximum Gasteiger partial charge on any atom is 0.119 e. The van der Waals surface area contributed by atoms with Gasteiger partial charge in [-0.25, -0.2) is 0 Å². The summed E-state index contributed by atoms with van der Waals surface area (Å²) in [6.45, 7) is 8.71. The van der Waals surface area contributed by atoms with Crippen molar-refractivity contribution >= 4 is 11.6 Å². The molecular formula is C26H34ClN3O2. The van der Waals surface area contributed by atoms with Crippen LogP contribution in [0.5, 0.6) is 5.75 Å². The Morgan fingerprint density at radius 2 is 1.84 bits per heavy atom. The van der Waals surface area contributed by atoms with Crippen molar-refractivity contribution < 1.29 is 9.84 Å². The van der Waals surface area contributed by atoms with Crippen molar-refractivity contribution in [2.24, 2.45) is 0 Å². The van der Waals surface area contributed by atoms with Crippen LogP contribution in [-0.4, -0.2) is 46.1 Å². The zero-order valence-corrected chi connectivity index (χ0v) is 20.3. The molecule has 0 bridgehead atoms. The summed E-state index contributed by atoms with van der Waals surface area (Å²) in [5, 5.41) is 15.9. The Hall–Kier alpha value is -2.34. The molecule has 1 unspecified atom stereocenters. The Morgan fingerprint density at radius 3 is 2.53 bits per heavy atom. The fourth-order valence-electron chi connectivity index (χ4n) is 3.82. The lowest BCUT2D eigenvalue weighted by Crippen LogP contribution is -2.30. The molecule has 0 aliphatic carbocycles. The van der Waals surface area contributed by atoms with Gasteiger partial charge < -0.3 is 9.84 Å². The van der Waals surface area contributed by atoms with E-state index in [1.807, 2.05) is 55.1 Å². The zero-order chi connectivity index (χ0) is 23.1. The Balaban J connectivity index is 1.50. The molecule has 6 heteroatoms. The van der Waals surface area contributed by atoms with E-state index in [1.165, 1.54) is 11.1 Å². The molecule has 3 rings (SSSR count). The third kappa shape index (κ3) is 6.58. The molecule has 32 heavy (non-hydrogen) atoms. The first-order valence-electron chi connectivity index (χ1n) is 11.2. The summed E-state index contributed by atoms with van der Waals surface area (Å²) in [6.07, 6.45) is 1.15. The summed E-state index contributed by atoms with van der Waals surface area (Å²) < 4.78 is 7.79. The van der Waals surface area contributed by atoms with Crippen LogP contribution in [0.25, 0.3) is 0 Å². The van der Waals surface area contributed by atoms with Crippen LogP contribution in [-0.2, 0) is 19.5 Å². The third-order valence-corrected chi connectivity index (χ3v) is 6.18. The van der Waals surface area contributed by atoms with Crippen molar-refractivity contribution in [1.82, 2.24) is 14.7 Å². The molecule has 1 heterocycles. The first kappa shape index (κ1) is 24.3. The van der Waals surface area contributed by atoms with E-state index in [0.717, 1.165) is 40.7 Å². The Kier molecular flexibility index (Phi) is 8.74. The average molecular weight is 456 g/mol. The molecule has 172 valence electrons. The highest BCUT2D eigenvalue weighted by molar-refractivity contribution is 6.31. The van der Waals surface area contributed by atoms with Crippen LogP contribution in [0.4, 0.5) is 0 Å². The number of likely N-dealkylation sites (N-methyl/N-ethyl adjacent to an activating group) is 1. The Bertz CT molecular complexity index is 1000. The monoisotopic (exact) mass is 455 g/mol. The van der Waals surface area contributed by atoms with Gasteiger partial charge in [0.15, 0.2) is 0 Å². The van der Waals surface area contributed by atoms with Crippen molar-refractivity contribution in [1.29, 1.82) is 0 Å². The van der Waals surface area contributed by atoms with Crippen molar-refractivity contribution in [3.8, 4) is 5.75 Å². The molecule has 0 aliphatic heterocycles. The van der Waals surface area contributed by atoms with Gasteiger partial charge in [-0.3, -0.25) is 9.58 Å². The largest absolute Gasteiger partial charge is 0.493 e. The van der Waals surface area contributed by atoms with Crippen molar-refractivity contribution in [3.63, 3.8) is 0 Å². The molecule has 0 radical (unpaired) electrons. The van der Waals surface area contributed by atoms with Crippen molar-refractivity contribution in [2.45, 2.75) is 52.8 Å². The third-order valence-electron chi connectivity index (χ3n) is 5.81. The topological polar surface area (TPSA) is 50.5 Å². The molecule has 0 spiro atoms. The molecule has 1 atom stereocenters. The molecule has 1 N–H and O–H groups in total.